The molecular weight excluding hydrogens is 414 g/mol. The predicted molar refractivity (Wildman–Crippen MR) is 125 cm³/mol. The average molecular weight is 437 g/mol. The Kier molecular flexibility index (Phi) is 4.97. The minimum absolute atomic E-state index is 0.168. The number of benzene rings is 3. The number of Topliss-reactive ketones (excluding diaryl/α,β-unsaturated/α-hetero) is 1. The fourth-order valence-corrected chi connectivity index (χ4v) is 4.97. The van der Waals surface area contributed by atoms with Crippen molar-refractivity contribution in [1.82, 2.24) is 0 Å². The molecular formula is C28H23NO4. The molecule has 1 amide bonds. The van der Waals surface area contributed by atoms with Gasteiger partial charge in [-0.1, -0.05) is 78.4 Å². The number of nitrogens with zero attached hydrogens (tertiary/aromatic N) is 1. The van der Waals surface area contributed by atoms with E-state index in [1.54, 1.807) is 17.0 Å². The van der Waals surface area contributed by atoms with Crippen molar-refractivity contribution >= 4 is 29.1 Å². The van der Waals surface area contributed by atoms with E-state index in [1.165, 1.54) is 6.92 Å². The number of esters is 1. The van der Waals surface area contributed by atoms with E-state index < -0.39 is 11.4 Å². The van der Waals surface area contributed by atoms with Crippen molar-refractivity contribution in [2.75, 3.05) is 4.90 Å². The van der Waals surface area contributed by atoms with Crippen molar-refractivity contribution in [2.45, 2.75) is 32.2 Å². The molecule has 0 aromatic heterocycles. The van der Waals surface area contributed by atoms with Gasteiger partial charge in [0.2, 0.25) is 5.91 Å². The second-order valence-corrected chi connectivity index (χ2v) is 8.58. The molecule has 0 aliphatic carbocycles. The molecule has 5 rings (SSSR count). The normalized spacial score (nSPS) is 19.6. The molecule has 2 aliphatic rings. The van der Waals surface area contributed by atoms with Gasteiger partial charge in [0.15, 0.2) is 5.78 Å². The molecule has 33 heavy (non-hydrogen) atoms. The van der Waals surface area contributed by atoms with Crippen molar-refractivity contribution in [3.63, 3.8) is 0 Å². The summed E-state index contributed by atoms with van der Waals surface area (Å²) in [6, 6.07) is 24.5. The lowest BCUT2D eigenvalue weighted by Crippen LogP contribution is -2.47. The molecule has 0 N–H and O–H groups in total. The van der Waals surface area contributed by atoms with Crippen molar-refractivity contribution in [3.05, 3.63) is 107 Å². The lowest BCUT2D eigenvalue weighted by atomic mass is 9.68. The number of rotatable bonds is 4. The van der Waals surface area contributed by atoms with Crippen LogP contribution in [0.4, 0.5) is 5.69 Å². The van der Waals surface area contributed by atoms with Crippen LogP contribution in [0.1, 0.15) is 35.6 Å². The summed E-state index contributed by atoms with van der Waals surface area (Å²) in [5.74, 6) is -0.922. The maximum atomic E-state index is 14.2. The summed E-state index contributed by atoms with van der Waals surface area (Å²) >= 11 is 0. The Bertz CT molecular complexity index is 1310. The summed E-state index contributed by atoms with van der Waals surface area (Å²) in [5.41, 5.74) is 2.73. The van der Waals surface area contributed by atoms with Gasteiger partial charge in [-0.25, -0.2) is 0 Å². The van der Waals surface area contributed by atoms with Crippen molar-refractivity contribution in [1.29, 1.82) is 0 Å². The van der Waals surface area contributed by atoms with Crippen LogP contribution in [0.3, 0.4) is 0 Å². The number of hydrogen-bond donors (Lipinski definition) is 0. The van der Waals surface area contributed by atoms with Gasteiger partial charge in [-0.15, -0.1) is 0 Å². The number of aryl methyl sites for hydroxylation is 1. The first-order valence-corrected chi connectivity index (χ1v) is 10.9. The molecule has 3 aromatic rings. The second-order valence-electron chi connectivity index (χ2n) is 8.58. The molecule has 0 fully saturated rings. The Morgan fingerprint density at radius 3 is 2.30 bits per heavy atom. The fraction of sp³-hybridized carbons (Fsp3) is 0.179. The van der Waals surface area contributed by atoms with Gasteiger partial charge in [0, 0.05) is 11.3 Å². The van der Waals surface area contributed by atoms with Gasteiger partial charge in [0.1, 0.15) is 11.2 Å². The zero-order chi connectivity index (χ0) is 23.2. The number of cyclic esters (lactones) is 1. The van der Waals surface area contributed by atoms with Crippen LogP contribution in [0, 0.1) is 6.92 Å². The Morgan fingerprint density at radius 1 is 0.970 bits per heavy atom. The third-order valence-electron chi connectivity index (χ3n) is 6.36. The summed E-state index contributed by atoms with van der Waals surface area (Å²) in [7, 11) is 0. The summed E-state index contributed by atoms with van der Waals surface area (Å²) < 4.78 is 5.63. The van der Waals surface area contributed by atoms with Crippen LogP contribution in [0.2, 0.25) is 0 Å². The third-order valence-corrected chi connectivity index (χ3v) is 6.36. The molecule has 0 bridgehead atoms. The van der Waals surface area contributed by atoms with Crippen LogP contribution in [0.5, 0.6) is 0 Å². The zero-order valence-corrected chi connectivity index (χ0v) is 18.5. The summed E-state index contributed by atoms with van der Waals surface area (Å²) in [6.07, 6.45) is -0.210. The van der Waals surface area contributed by atoms with Crippen LogP contribution in [-0.2, 0) is 31.1 Å². The zero-order valence-electron chi connectivity index (χ0n) is 18.5. The highest BCUT2D eigenvalue weighted by Gasteiger charge is 2.59. The van der Waals surface area contributed by atoms with E-state index in [2.05, 4.69) is 0 Å². The summed E-state index contributed by atoms with van der Waals surface area (Å²) in [5, 5.41) is 0. The van der Waals surface area contributed by atoms with Crippen molar-refractivity contribution in [3.8, 4) is 0 Å². The fourth-order valence-electron chi connectivity index (χ4n) is 4.97. The molecule has 0 radical (unpaired) electrons. The van der Waals surface area contributed by atoms with E-state index in [1.807, 2.05) is 73.7 Å². The molecule has 1 spiro atoms. The largest absolute Gasteiger partial charge is 0.425 e. The molecule has 1 unspecified atom stereocenters. The van der Waals surface area contributed by atoms with E-state index >= 15 is 0 Å². The van der Waals surface area contributed by atoms with E-state index in [0.717, 1.165) is 16.8 Å². The summed E-state index contributed by atoms with van der Waals surface area (Å²) in [4.78, 5) is 42.0. The molecule has 1 atom stereocenters. The number of anilines is 1. The molecule has 0 saturated carbocycles. The lowest BCUT2D eigenvalue weighted by Gasteiger charge is -2.35. The van der Waals surface area contributed by atoms with Gasteiger partial charge >= 0.3 is 5.97 Å². The Hall–Kier alpha value is -3.99. The molecule has 5 nitrogen and oxygen atoms in total. The number of hydrogen-bond acceptors (Lipinski definition) is 4. The van der Waals surface area contributed by atoms with E-state index in [0.29, 0.717) is 17.7 Å². The van der Waals surface area contributed by atoms with Crippen LogP contribution in [-0.4, -0.2) is 17.7 Å². The SMILES string of the molecule is CC(=O)C1=C(c2ccccc2)OC(=O)CC12C(=O)N(Cc1ccccc1)c1ccc(C)cc12. The second kappa shape index (κ2) is 7.85. The number of amides is 1. The van der Waals surface area contributed by atoms with Crippen molar-refractivity contribution < 1.29 is 19.1 Å². The first-order chi connectivity index (χ1) is 15.9. The van der Waals surface area contributed by atoms with E-state index in [-0.39, 0.29) is 29.4 Å². The quantitative estimate of drug-likeness (QED) is 0.554. The maximum Gasteiger partial charge on any atom is 0.313 e. The van der Waals surface area contributed by atoms with Gasteiger partial charge in [0.25, 0.3) is 0 Å². The standard InChI is InChI=1S/C28H23NO4/c1-18-13-14-23-22(15-18)28(27(32)29(23)17-20-9-5-3-6-10-20)16-24(31)33-26(25(28)19(2)30)21-11-7-4-8-12-21/h3-15H,16-17H2,1-2H3. The highest BCUT2D eigenvalue weighted by Crippen LogP contribution is 2.53. The Morgan fingerprint density at radius 2 is 1.64 bits per heavy atom. The van der Waals surface area contributed by atoms with Crippen molar-refractivity contribution in [2.24, 2.45) is 0 Å². The van der Waals surface area contributed by atoms with Gasteiger partial charge in [0.05, 0.1) is 18.5 Å². The van der Waals surface area contributed by atoms with Gasteiger partial charge in [-0.3, -0.25) is 14.4 Å². The highest BCUT2D eigenvalue weighted by molar-refractivity contribution is 6.21. The number of carbonyl (C=O) groups excluding carboxylic acids is 3. The number of carbonyl (C=O) groups is 3. The highest BCUT2D eigenvalue weighted by atomic mass is 16.5. The summed E-state index contributed by atoms with van der Waals surface area (Å²) in [6.45, 7) is 3.72. The molecule has 5 heteroatoms. The Labute approximate surface area is 192 Å². The first kappa shape index (κ1) is 20.9. The van der Waals surface area contributed by atoms with Crippen LogP contribution in [0.25, 0.3) is 5.76 Å². The van der Waals surface area contributed by atoms with Gasteiger partial charge in [-0.05, 0) is 31.0 Å². The molecule has 164 valence electrons. The minimum Gasteiger partial charge on any atom is -0.425 e. The number of ketones is 1. The monoisotopic (exact) mass is 437 g/mol. The predicted octanol–water partition coefficient (Wildman–Crippen LogP) is 4.73. The number of fused-ring (bicyclic) bond motifs is 2. The third kappa shape index (κ3) is 3.28. The topological polar surface area (TPSA) is 63.7 Å². The molecule has 3 aromatic carbocycles. The molecule has 0 saturated heterocycles. The smallest absolute Gasteiger partial charge is 0.313 e. The average Bonchev–Trinajstić information content (AvgIpc) is 3.02. The Balaban J connectivity index is 1.78. The van der Waals surface area contributed by atoms with E-state index in [9.17, 15) is 14.4 Å². The lowest BCUT2D eigenvalue weighted by molar-refractivity contribution is -0.142. The van der Waals surface area contributed by atoms with Crippen LogP contribution < -0.4 is 4.90 Å². The maximum absolute atomic E-state index is 14.2. The minimum atomic E-state index is -1.41. The van der Waals surface area contributed by atoms with Gasteiger partial charge in [-0.2, -0.15) is 0 Å². The van der Waals surface area contributed by atoms with Gasteiger partial charge < -0.3 is 9.64 Å². The number of ether oxygens (including phenoxy) is 1. The van der Waals surface area contributed by atoms with E-state index in [4.69, 9.17) is 4.74 Å². The molecule has 2 heterocycles. The first-order valence-electron chi connectivity index (χ1n) is 10.9. The van der Waals surface area contributed by atoms with Crippen LogP contribution >= 0.6 is 0 Å². The molecule has 2 aliphatic heterocycles. The van der Waals surface area contributed by atoms with Crippen LogP contribution in [0.15, 0.2) is 84.4 Å².